The van der Waals surface area contributed by atoms with Gasteiger partial charge < -0.3 is 10.4 Å². The molecule has 6 nitrogen and oxygen atoms in total. The number of aliphatic hydroxyl groups excluding tert-OH is 1. The molecule has 0 aromatic heterocycles. The van der Waals surface area contributed by atoms with Crippen molar-refractivity contribution in [3.8, 4) is 0 Å². The lowest BCUT2D eigenvalue weighted by Crippen LogP contribution is -2.28. The van der Waals surface area contributed by atoms with Gasteiger partial charge in [0.25, 0.3) is 11.6 Å². The quantitative estimate of drug-likeness (QED) is 0.637. The van der Waals surface area contributed by atoms with E-state index in [1.165, 1.54) is 0 Å². The highest BCUT2D eigenvalue weighted by atomic mass is 16.6. The SMILES string of the molecule is Cc1cc(C)c([N+](=O)[O-])c(C)c1C(=O)NCCC(C)O. The zero-order chi connectivity index (χ0) is 15.4. The summed E-state index contributed by atoms with van der Waals surface area (Å²) in [7, 11) is 0. The third kappa shape index (κ3) is 3.54. The van der Waals surface area contributed by atoms with Crippen LogP contribution in [0.4, 0.5) is 5.69 Å². The third-order valence-electron chi connectivity index (χ3n) is 3.19. The maximum Gasteiger partial charge on any atom is 0.275 e. The lowest BCUT2D eigenvalue weighted by atomic mass is 9.97. The standard InChI is InChI=1S/C14H20N2O4/c1-8-7-9(2)13(16(19)20)11(4)12(8)14(18)15-6-5-10(3)17/h7,10,17H,5-6H2,1-4H3,(H,15,18). The molecular formula is C14H20N2O4. The number of nitrogens with zero attached hydrogens (tertiary/aromatic N) is 1. The molecule has 1 aromatic carbocycles. The molecule has 0 fully saturated rings. The molecule has 20 heavy (non-hydrogen) atoms. The van der Waals surface area contributed by atoms with E-state index >= 15 is 0 Å². The summed E-state index contributed by atoms with van der Waals surface area (Å²) in [6, 6.07) is 1.65. The molecule has 1 unspecified atom stereocenters. The minimum Gasteiger partial charge on any atom is -0.393 e. The summed E-state index contributed by atoms with van der Waals surface area (Å²) < 4.78 is 0. The van der Waals surface area contributed by atoms with Gasteiger partial charge in [-0.2, -0.15) is 0 Å². The van der Waals surface area contributed by atoms with Gasteiger partial charge in [0.05, 0.1) is 16.6 Å². The van der Waals surface area contributed by atoms with E-state index in [4.69, 9.17) is 5.11 Å². The van der Waals surface area contributed by atoms with Crippen molar-refractivity contribution in [2.45, 2.75) is 40.2 Å². The second-order valence-electron chi connectivity index (χ2n) is 5.01. The smallest absolute Gasteiger partial charge is 0.275 e. The van der Waals surface area contributed by atoms with Crippen LogP contribution in [0.5, 0.6) is 0 Å². The van der Waals surface area contributed by atoms with Crippen molar-refractivity contribution in [1.82, 2.24) is 5.32 Å². The Kier molecular flexibility index (Phi) is 5.21. The maximum atomic E-state index is 12.1. The van der Waals surface area contributed by atoms with Crippen LogP contribution in [0.2, 0.25) is 0 Å². The van der Waals surface area contributed by atoms with Crippen LogP contribution in [0.15, 0.2) is 6.07 Å². The van der Waals surface area contributed by atoms with Gasteiger partial charge in [0.15, 0.2) is 0 Å². The second-order valence-corrected chi connectivity index (χ2v) is 5.01. The molecule has 0 aliphatic heterocycles. The van der Waals surface area contributed by atoms with Crippen LogP contribution in [0.3, 0.4) is 0 Å². The first-order valence-electron chi connectivity index (χ1n) is 6.47. The van der Waals surface area contributed by atoms with Crippen LogP contribution < -0.4 is 5.32 Å². The monoisotopic (exact) mass is 280 g/mol. The Bertz CT molecular complexity index is 538. The molecule has 1 aromatic rings. The first-order chi connectivity index (χ1) is 9.25. The Labute approximate surface area is 118 Å². The van der Waals surface area contributed by atoms with Crippen molar-refractivity contribution in [2.24, 2.45) is 0 Å². The molecule has 0 radical (unpaired) electrons. The summed E-state index contributed by atoms with van der Waals surface area (Å²) in [5, 5.41) is 22.9. The van der Waals surface area contributed by atoms with E-state index in [9.17, 15) is 14.9 Å². The first-order valence-corrected chi connectivity index (χ1v) is 6.47. The second kappa shape index (κ2) is 6.47. The molecule has 0 saturated heterocycles. The van der Waals surface area contributed by atoms with Gasteiger partial charge in [0.1, 0.15) is 0 Å². The Morgan fingerprint density at radius 3 is 2.50 bits per heavy atom. The van der Waals surface area contributed by atoms with E-state index in [0.717, 1.165) is 0 Å². The number of nitrogens with one attached hydrogen (secondary N) is 1. The Hall–Kier alpha value is -1.95. The molecule has 0 spiro atoms. The number of carbonyl (C=O) groups is 1. The van der Waals surface area contributed by atoms with Crippen LogP contribution in [0.1, 0.15) is 40.4 Å². The fourth-order valence-corrected chi connectivity index (χ4v) is 2.29. The van der Waals surface area contributed by atoms with E-state index in [2.05, 4.69) is 5.32 Å². The number of nitro groups is 1. The average molecular weight is 280 g/mol. The molecule has 2 N–H and O–H groups in total. The van der Waals surface area contributed by atoms with Crippen molar-refractivity contribution in [1.29, 1.82) is 0 Å². The van der Waals surface area contributed by atoms with E-state index in [0.29, 0.717) is 35.2 Å². The summed E-state index contributed by atoms with van der Waals surface area (Å²) in [6.07, 6.45) is -0.0533. The van der Waals surface area contributed by atoms with E-state index in [1.807, 2.05) is 0 Å². The average Bonchev–Trinajstić information content (AvgIpc) is 2.26. The van der Waals surface area contributed by atoms with Crippen LogP contribution in [0.25, 0.3) is 0 Å². The lowest BCUT2D eigenvalue weighted by Gasteiger charge is -2.13. The van der Waals surface area contributed by atoms with Gasteiger partial charge in [-0.3, -0.25) is 14.9 Å². The number of benzene rings is 1. The predicted molar refractivity (Wildman–Crippen MR) is 75.9 cm³/mol. The number of nitro benzene ring substituents is 1. The lowest BCUT2D eigenvalue weighted by molar-refractivity contribution is -0.386. The molecule has 6 heteroatoms. The van der Waals surface area contributed by atoms with Crippen LogP contribution in [0, 0.1) is 30.9 Å². The van der Waals surface area contributed by atoms with Crippen LogP contribution in [-0.4, -0.2) is 28.6 Å². The van der Waals surface area contributed by atoms with Crippen molar-refractivity contribution >= 4 is 11.6 Å². The number of carbonyl (C=O) groups excluding carboxylic acids is 1. The molecule has 1 rings (SSSR count). The van der Waals surface area contributed by atoms with Crippen molar-refractivity contribution in [3.63, 3.8) is 0 Å². The summed E-state index contributed by atoms with van der Waals surface area (Å²) in [5.41, 5.74) is 1.96. The molecular weight excluding hydrogens is 260 g/mol. The third-order valence-corrected chi connectivity index (χ3v) is 3.19. The zero-order valence-electron chi connectivity index (χ0n) is 12.2. The van der Waals surface area contributed by atoms with Gasteiger partial charge >= 0.3 is 0 Å². The predicted octanol–water partition coefficient (Wildman–Crippen LogP) is 2.02. The zero-order valence-corrected chi connectivity index (χ0v) is 12.2. The Balaban J connectivity index is 3.08. The van der Waals surface area contributed by atoms with Crippen molar-refractivity contribution in [2.75, 3.05) is 6.54 Å². The summed E-state index contributed by atoms with van der Waals surface area (Å²) in [4.78, 5) is 22.7. The molecule has 1 amide bonds. The molecule has 0 heterocycles. The summed E-state index contributed by atoms with van der Waals surface area (Å²) in [6.45, 7) is 6.97. The fourth-order valence-electron chi connectivity index (χ4n) is 2.29. The molecule has 1 atom stereocenters. The minimum atomic E-state index is -0.496. The molecule has 0 aliphatic carbocycles. The largest absolute Gasteiger partial charge is 0.393 e. The summed E-state index contributed by atoms with van der Waals surface area (Å²) in [5.74, 6) is -0.344. The number of hydrogen-bond donors (Lipinski definition) is 2. The van der Waals surface area contributed by atoms with Gasteiger partial charge in [0, 0.05) is 17.7 Å². The molecule has 110 valence electrons. The highest BCUT2D eigenvalue weighted by molar-refractivity contribution is 5.98. The molecule has 0 aliphatic rings. The Morgan fingerprint density at radius 2 is 2.00 bits per heavy atom. The number of aliphatic hydroxyl groups is 1. The van der Waals surface area contributed by atoms with E-state index in [-0.39, 0.29) is 11.6 Å². The van der Waals surface area contributed by atoms with Gasteiger partial charge in [-0.25, -0.2) is 0 Å². The highest BCUT2D eigenvalue weighted by Crippen LogP contribution is 2.28. The van der Waals surface area contributed by atoms with Crippen molar-refractivity contribution < 1.29 is 14.8 Å². The number of rotatable bonds is 5. The molecule has 0 bridgehead atoms. The van der Waals surface area contributed by atoms with Crippen LogP contribution in [-0.2, 0) is 0 Å². The topological polar surface area (TPSA) is 92.5 Å². The number of aryl methyl sites for hydroxylation is 2. The van der Waals surface area contributed by atoms with Gasteiger partial charge in [-0.15, -0.1) is 0 Å². The maximum absolute atomic E-state index is 12.1. The van der Waals surface area contributed by atoms with E-state index in [1.54, 1.807) is 33.8 Å². The van der Waals surface area contributed by atoms with Gasteiger partial charge in [-0.1, -0.05) is 0 Å². The normalized spacial score (nSPS) is 12.1. The molecule has 0 saturated carbocycles. The van der Waals surface area contributed by atoms with Gasteiger partial charge in [0.2, 0.25) is 0 Å². The fraction of sp³-hybridized carbons (Fsp3) is 0.500. The van der Waals surface area contributed by atoms with Crippen molar-refractivity contribution in [3.05, 3.63) is 38.4 Å². The number of hydrogen-bond acceptors (Lipinski definition) is 4. The van der Waals surface area contributed by atoms with E-state index < -0.39 is 11.0 Å². The van der Waals surface area contributed by atoms with Gasteiger partial charge in [-0.05, 0) is 45.7 Å². The minimum absolute atomic E-state index is 0.0173. The summed E-state index contributed by atoms with van der Waals surface area (Å²) >= 11 is 0. The van der Waals surface area contributed by atoms with Crippen LogP contribution >= 0.6 is 0 Å². The highest BCUT2D eigenvalue weighted by Gasteiger charge is 2.23. The number of amides is 1. The Morgan fingerprint density at radius 1 is 1.40 bits per heavy atom. The first kappa shape index (κ1) is 16.1.